The van der Waals surface area contributed by atoms with E-state index in [1.807, 2.05) is 84.9 Å². The number of para-hydroxylation sites is 1. The predicted octanol–water partition coefficient (Wildman–Crippen LogP) is 8.99. The van der Waals surface area contributed by atoms with E-state index in [9.17, 15) is 9.90 Å². The molecule has 0 bridgehead atoms. The molecule has 2 amide bonds. The predicted molar refractivity (Wildman–Crippen MR) is 199 cm³/mol. The molecule has 0 aromatic heterocycles. The fourth-order valence-corrected chi connectivity index (χ4v) is 6.82. The number of piperidine rings is 1. The maximum Gasteiger partial charge on any atom is 0.319 e. The zero-order chi connectivity index (χ0) is 34.8. The molecule has 7 rings (SSSR count). The Balaban J connectivity index is 0.995. The highest BCUT2D eigenvalue weighted by Crippen LogP contribution is 2.39. The Morgan fingerprint density at radius 1 is 0.745 bits per heavy atom. The maximum atomic E-state index is 12.8. The van der Waals surface area contributed by atoms with Crippen LogP contribution in [-0.2, 0) is 22.6 Å². The lowest BCUT2D eigenvalue weighted by molar-refractivity contribution is -0.253. The van der Waals surface area contributed by atoms with Crippen LogP contribution in [0.25, 0.3) is 11.1 Å². The number of aliphatic hydroxyl groups is 1. The molecule has 5 aromatic rings. The summed E-state index contributed by atoms with van der Waals surface area (Å²) in [5, 5.41) is 15.5. The van der Waals surface area contributed by atoms with Crippen LogP contribution < -0.4 is 15.4 Å². The minimum Gasteiger partial charge on any atom is -0.457 e. The maximum absolute atomic E-state index is 12.8. The first-order chi connectivity index (χ1) is 25.1. The Kier molecular flexibility index (Phi) is 11.4. The van der Waals surface area contributed by atoms with Crippen LogP contribution in [0.3, 0.4) is 0 Å². The number of likely N-dealkylation sites (tertiary alicyclic amines) is 1. The van der Waals surface area contributed by atoms with Crippen molar-refractivity contribution in [2.75, 3.05) is 25.0 Å². The molecule has 3 N–H and O–H groups in total. The van der Waals surface area contributed by atoms with E-state index in [-0.39, 0.29) is 24.8 Å². The largest absolute Gasteiger partial charge is 0.457 e. The van der Waals surface area contributed by atoms with E-state index < -0.39 is 6.29 Å². The number of hydrogen-bond donors (Lipinski definition) is 3. The number of ether oxygens (including phenoxy) is 3. The lowest BCUT2D eigenvalue weighted by atomic mass is 9.97. The lowest BCUT2D eigenvalue weighted by Crippen LogP contribution is -2.41. The number of nitrogens with one attached hydrogen (secondary N) is 2. The number of aliphatic hydroxyl groups excluding tert-OH is 1. The minimum atomic E-state index is -0.496. The first-order valence-corrected chi connectivity index (χ1v) is 17.9. The zero-order valence-electron chi connectivity index (χ0n) is 28.7. The van der Waals surface area contributed by atoms with E-state index in [1.54, 1.807) is 0 Å². The van der Waals surface area contributed by atoms with Crippen LogP contribution in [0.5, 0.6) is 11.5 Å². The van der Waals surface area contributed by atoms with Crippen LogP contribution in [0.1, 0.15) is 60.3 Å². The number of urea groups is 1. The second-order valence-electron chi connectivity index (χ2n) is 13.2. The van der Waals surface area contributed by atoms with E-state index >= 15 is 0 Å². The lowest BCUT2D eigenvalue weighted by Gasteiger charge is -2.39. The number of hydrogen-bond acceptors (Lipinski definition) is 6. The molecule has 3 atom stereocenters. The number of rotatable bonds is 11. The van der Waals surface area contributed by atoms with Crippen LogP contribution in [0.15, 0.2) is 127 Å². The van der Waals surface area contributed by atoms with Crippen LogP contribution >= 0.6 is 0 Å². The van der Waals surface area contributed by atoms with Crippen LogP contribution in [0, 0.1) is 0 Å². The highest BCUT2D eigenvalue weighted by Gasteiger charge is 2.33. The van der Waals surface area contributed by atoms with Crippen molar-refractivity contribution in [1.29, 1.82) is 0 Å². The summed E-state index contributed by atoms with van der Waals surface area (Å²) in [5.41, 5.74) is 6.72. The van der Waals surface area contributed by atoms with Gasteiger partial charge in [0, 0.05) is 30.8 Å². The molecule has 2 saturated heterocycles. The van der Waals surface area contributed by atoms with Crippen molar-refractivity contribution in [1.82, 2.24) is 10.2 Å². The zero-order valence-corrected chi connectivity index (χ0v) is 28.7. The van der Waals surface area contributed by atoms with Crippen molar-refractivity contribution >= 4 is 11.7 Å². The fourth-order valence-electron chi connectivity index (χ4n) is 6.82. The molecule has 2 heterocycles. The third-order valence-corrected chi connectivity index (χ3v) is 9.57. The molecule has 262 valence electrons. The first kappa shape index (κ1) is 34.5. The molecule has 5 aromatic carbocycles. The number of anilines is 1. The van der Waals surface area contributed by atoms with Gasteiger partial charge in [-0.1, -0.05) is 97.4 Å². The second-order valence-corrected chi connectivity index (χ2v) is 13.2. The molecular formula is C43H45N3O5. The van der Waals surface area contributed by atoms with Gasteiger partial charge in [-0.05, 0) is 90.1 Å². The smallest absolute Gasteiger partial charge is 0.319 e. The Bertz CT molecular complexity index is 1840. The van der Waals surface area contributed by atoms with Gasteiger partial charge in [0.2, 0.25) is 0 Å². The number of amides is 2. The summed E-state index contributed by atoms with van der Waals surface area (Å²) in [6.45, 7) is 3.51. The summed E-state index contributed by atoms with van der Waals surface area (Å²) in [5.74, 6) is 1.45. The summed E-state index contributed by atoms with van der Waals surface area (Å²) in [6, 6.07) is 41.1. The number of carbonyl (C=O) groups is 1. The Hall–Kier alpha value is -4.99. The highest BCUT2D eigenvalue weighted by molar-refractivity contribution is 5.89. The average Bonchev–Trinajstić information content (AvgIpc) is 3.19. The van der Waals surface area contributed by atoms with Gasteiger partial charge in [0.05, 0.1) is 18.8 Å². The van der Waals surface area contributed by atoms with E-state index in [0.29, 0.717) is 18.0 Å². The van der Waals surface area contributed by atoms with Gasteiger partial charge in [-0.2, -0.15) is 0 Å². The van der Waals surface area contributed by atoms with Crippen LogP contribution in [0.2, 0.25) is 0 Å². The molecule has 8 nitrogen and oxygen atoms in total. The van der Waals surface area contributed by atoms with Gasteiger partial charge in [-0.25, -0.2) is 4.79 Å². The van der Waals surface area contributed by atoms with Crippen molar-refractivity contribution in [3.63, 3.8) is 0 Å². The van der Waals surface area contributed by atoms with E-state index in [4.69, 9.17) is 14.2 Å². The Morgan fingerprint density at radius 2 is 1.43 bits per heavy atom. The van der Waals surface area contributed by atoms with Gasteiger partial charge in [0.15, 0.2) is 6.29 Å². The third-order valence-electron chi connectivity index (χ3n) is 9.57. The normalized spacial score (nSPS) is 19.3. The Labute approximate surface area is 300 Å². The molecule has 0 radical (unpaired) electrons. The number of benzene rings is 5. The summed E-state index contributed by atoms with van der Waals surface area (Å²) in [6.07, 6.45) is 4.00. The number of nitrogens with zero attached hydrogens (tertiary/aromatic N) is 1. The molecule has 2 fully saturated rings. The first-order valence-electron chi connectivity index (χ1n) is 17.9. The van der Waals surface area contributed by atoms with E-state index in [2.05, 4.69) is 58.0 Å². The average molecular weight is 684 g/mol. The summed E-state index contributed by atoms with van der Waals surface area (Å²) in [7, 11) is 0. The van der Waals surface area contributed by atoms with Crippen molar-refractivity contribution in [2.45, 2.75) is 57.3 Å². The molecule has 0 unspecified atom stereocenters. The topological polar surface area (TPSA) is 92.3 Å². The monoisotopic (exact) mass is 683 g/mol. The van der Waals surface area contributed by atoms with E-state index in [1.165, 1.54) is 19.3 Å². The van der Waals surface area contributed by atoms with Gasteiger partial charge in [0.25, 0.3) is 0 Å². The quantitative estimate of drug-likeness (QED) is 0.129. The number of carbonyl (C=O) groups excluding carboxylic acids is 1. The van der Waals surface area contributed by atoms with Crippen molar-refractivity contribution in [3.05, 3.63) is 150 Å². The molecule has 2 aliphatic heterocycles. The van der Waals surface area contributed by atoms with Crippen LogP contribution in [-0.4, -0.2) is 41.8 Å². The van der Waals surface area contributed by atoms with Crippen molar-refractivity contribution in [3.8, 4) is 22.6 Å². The SMILES string of the molecule is O=C(NCc1ccccc1-c1ccc([C@@H]2O[C@H](CN3CCCCC3)C[C@H](c3ccc(CO)cc3)O2)cc1)Nc1ccc(Oc2ccccc2)cc1. The summed E-state index contributed by atoms with van der Waals surface area (Å²) >= 11 is 0. The van der Waals surface area contributed by atoms with Gasteiger partial charge in [0.1, 0.15) is 11.5 Å². The fraction of sp³-hybridized carbons (Fsp3) is 0.279. The standard InChI is InChI=1S/C43H45N3O5/c47-30-31-13-15-33(16-14-31)41-27-39(29-46-25-7-2-8-26-46)50-42(51-41)34-19-17-32(18-20-34)40-12-6-5-9-35(40)28-44-43(48)45-36-21-23-38(24-22-36)49-37-10-3-1-4-11-37/h1,3-6,9-24,39,41-42,47H,2,7-8,25-30H2,(H2,44,45,48)/t39-,41+,42+/m0/s1. The summed E-state index contributed by atoms with van der Waals surface area (Å²) < 4.78 is 19.1. The van der Waals surface area contributed by atoms with Crippen LogP contribution in [0.4, 0.5) is 10.5 Å². The molecular weight excluding hydrogens is 638 g/mol. The molecule has 0 saturated carbocycles. The Morgan fingerprint density at radius 3 is 2.18 bits per heavy atom. The van der Waals surface area contributed by atoms with E-state index in [0.717, 1.165) is 65.2 Å². The van der Waals surface area contributed by atoms with Gasteiger partial charge in [-0.3, -0.25) is 0 Å². The van der Waals surface area contributed by atoms with Crippen molar-refractivity contribution < 1.29 is 24.1 Å². The molecule has 0 aliphatic carbocycles. The highest BCUT2D eigenvalue weighted by atomic mass is 16.7. The van der Waals surface area contributed by atoms with Crippen molar-refractivity contribution in [2.24, 2.45) is 0 Å². The molecule has 0 spiro atoms. The van der Waals surface area contributed by atoms with Gasteiger partial charge in [-0.15, -0.1) is 0 Å². The van der Waals surface area contributed by atoms with Gasteiger partial charge >= 0.3 is 6.03 Å². The minimum absolute atomic E-state index is 0.0222. The molecule has 51 heavy (non-hydrogen) atoms. The third kappa shape index (κ3) is 9.22. The molecule has 2 aliphatic rings. The summed E-state index contributed by atoms with van der Waals surface area (Å²) in [4.78, 5) is 15.4. The molecule has 8 heteroatoms. The van der Waals surface area contributed by atoms with Gasteiger partial charge < -0.3 is 34.9 Å². The second kappa shape index (κ2) is 16.8.